The number of hydrogen-bond acceptors (Lipinski definition) is 2. The van der Waals surface area contributed by atoms with Crippen molar-refractivity contribution in [3.05, 3.63) is 0 Å². The van der Waals surface area contributed by atoms with Gasteiger partial charge in [0.1, 0.15) is 6.42 Å². The normalized spacial score (nSPS) is 10.7. The van der Waals surface area contributed by atoms with Crippen LogP contribution in [0.5, 0.6) is 0 Å². The van der Waals surface area contributed by atoms with Crippen molar-refractivity contribution in [3.8, 4) is 0 Å². The molecule has 100 valence electrons. The van der Waals surface area contributed by atoms with Crippen LogP contribution >= 0.6 is 0 Å². The summed E-state index contributed by atoms with van der Waals surface area (Å²) >= 11 is 0. The Balaban J connectivity index is 3.56. The highest BCUT2D eigenvalue weighted by Crippen LogP contribution is 1.97. The summed E-state index contributed by atoms with van der Waals surface area (Å²) in [6.45, 7) is 9.71. The molecule has 0 unspecified atom stereocenters. The summed E-state index contributed by atoms with van der Waals surface area (Å²) in [6, 6.07) is 0. The van der Waals surface area contributed by atoms with Crippen molar-refractivity contribution in [3.63, 3.8) is 0 Å². The zero-order valence-electron chi connectivity index (χ0n) is 11.5. The summed E-state index contributed by atoms with van der Waals surface area (Å²) in [7, 11) is 0. The van der Waals surface area contributed by atoms with Crippen molar-refractivity contribution in [2.24, 2.45) is 11.8 Å². The van der Waals surface area contributed by atoms with Gasteiger partial charge >= 0.3 is 0 Å². The fourth-order valence-corrected chi connectivity index (χ4v) is 1.27. The zero-order valence-corrected chi connectivity index (χ0v) is 11.5. The highest BCUT2D eigenvalue weighted by Gasteiger charge is 2.08. The van der Waals surface area contributed by atoms with Crippen LogP contribution in [0.15, 0.2) is 0 Å². The third-order valence-electron chi connectivity index (χ3n) is 2.41. The van der Waals surface area contributed by atoms with Crippen molar-refractivity contribution in [2.45, 2.75) is 47.0 Å². The van der Waals surface area contributed by atoms with E-state index >= 15 is 0 Å². The van der Waals surface area contributed by atoms with Crippen LogP contribution in [0.3, 0.4) is 0 Å². The maximum atomic E-state index is 11.4. The second-order valence-electron chi connectivity index (χ2n) is 5.24. The van der Waals surface area contributed by atoms with Gasteiger partial charge in [-0.15, -0.1) is 0 Å². The van der Waals surface area contributed by atoms with Gasteiger partial charge in [0.25, 0.3) is 0 Å². The molecule has 0 bridgehead atoms. The Hall–Kier alpha value is -1.06. The third kappa shape index (κ3) is 11.2. The van der Waals surface area contributed by atoms with E-state index in [2.05, 4.69) is 38.3 Å². The van der Waals surface area contributed by atoms with Gasteiger partial charge in [-0.2, -0.15) is 0 Å². The van der Waals surface area contributed by atoms with Crippen LogP contribution in [-0.2, 0) is 9.59 Å². The van der Waals surface area contributed by atoms with Crippen molar-refractivity contribution >= 4 is 11.8 Å². The molecule has 2 amide bonds. The topological polar surface area (TPSA) is 58.2 Å². The molecule has 0 aromatic heterocycles. The number of carbonyl (C=O) groups excluding carboxylic acids is 2. The molecule has 0 saturated carbocycles. The SMILES string of the molecule is CC(C)CCNC(=O)CC(=O)NCCC(C)C. The molecule has 4 nitrogen and oxygen atoms in total. The molecule has 0 aliphatic heterocycles. The average Bonchev–Trinajstić information content (AvgIpc) is 2.15. The lowest BCUT2D eigenvalue weighted by Crippen LogP contribution is -2.33. The van der Waals surface area contributed by atoms with Crippen LogP contribution < -0.4 is 10.6 Å². The molecule has 4 heteroatoms. The number of nitrogens with one attached hydrogen (secondary N) is 2. The number of amides is 2. The Morgan fingerprint density at radius 1 is 0.824 bits per heavy atom. The lowest BCUT2D eigenvalue weighted by atomic mass is 10.1. The van der Waals surface area contributed by atoms with Gasteiger partial charge in [0.2, 0.25) is 11.8 Å². The predicted octanol–water partition coefficient (Wildman–Crippen LogP) is 1.70. The fourth-order valence-electron chi connectivity index (χ4n) is 1.27. The van der Waals surface area contributed by atoms with E-state index in [1.165, 1.54) is 0 Å². The fraction of sp³-hybridized carbons (Fsp3) is 0.846. The van der Waals surface area contributed by atoms with Gasteiger partial charge in [-0.3, -0.25) is 9.59 Å². The Morgan fingerprint density at radius 3 is 1.47 bits per heavy atom. The van der Waals surface area contributed by atoms with E-state index in [4.69, 9.17) is 0 Å². The first kappa shape index (κ1) is 15.9. The van der Waals surface area contributed by atoms with E-state index in [-0.39, 0.29) is 18.2 Å². The molecule has 0 spiro atoms. The van der Waals surface area contributed by atoms with E-state index < -0.39 is 0 Å². The molecule has 2 N–H and O–H groups in total. The van der Waals surface area contributed by atoms with Crippen molar-refractivity contribution in [1.82, 2.24) is 10.6 Å². The quantitative estimate of drug-likeness (QED) is 0.636. The molecule has 0 heterocycles. The first-order valence-electron chi connectivity index (χ1n) is 6.45. The highest BCUT2D eigenvalue weighted by molar-refractivity contribution is 5.96. The minimum absolute atomic E-state index is 0.0593. The molecule has 0 aliphatic carbocycles. The summed E-state index contributed by atoms with van der Waals surface area (Å²) in [5, 5.41) is 5.49. The molecule has 0 aromatic carbocycles. The summed E-state index contributed by atoms with van der Waals surface area (Å²) in [4.78, 5) is 22.7. The standard InChI is InChI=1S/C13H26N2O2/c1-10(2)5-7-14-12(16)9-13(17)15-8-6-11(3)4/h10-11H,5-9H2,1-4H3,(H,14,16)(H,15,17). The number of rotatable bonds is 8. The van der Waals surface area contributed by atoms with Crippen LogP contribution in [0.25, 0.3) is 0 Å². The second kappa shape index (κ2) is 9.02. The Morgan fingerprint density at radius 2 is 1.18 bits per heavy atom. The number of hydrogen-bond donors (Lipinski definition) is 2. The van der Waals surface area contributed by atoms with Gasteiger partial charge in [0.15, 0.2) is 0 Å². The van der Waals surface area contributed by atoms with E-state index in [9.17, 15) is 9.59 Å². The van der Waals surface area contributed by atoms with Gasteiger partial charge < -0.3 is 10.6 Å². The minimum Gasteiger partial charge on any atom is -0.356 e. The van der Waals surface area contributed by atoms with Gasteiger partial charge in [0, 0.05) is 13.1 Å². The summed E-state index contributed by atoms with van der Waals surface area (Å²) in [6.07, 6.45) is 1.83. The van der Waals surface area contributed by atoms with E-state index in [0.717, 1.165) is 12.8 Å². The molecule has 0 saturated heterocycles. The lowest BCUT2D eigenvalue weighted by Gasteiger charge is -2.08. The predicted molar refractivity (Wildman–Crippen MR) is 69.5 cm³/mol. The average molecular weight is 242 g/mol. The van der Waals surface area contributed by atoms with Gasteiger partial charge in [-0.05, 0) is 24.7 Å². The Kier molecular flexibility index (Phi) is 8.46. The molecule has 0 rings (SSSR count). The number of carbonyl (C=O) groups is 2. The van der Waals surface area contributed by atoms with Crippen LogP contribution in [0, 0.1) is 11.8 Å². The summed E-state index contributed by atoms with van der Waals surface area (Å²) < 4.78 is 0. The third-order valence-corrected chi connectivity index (χ3v) is 2.41. The minimum atomic E-state index is -0.187. The first-order chi connectivity index (χ1) is 7.91. The van der Waals surface area contributed by atoms with Crippen molar-refractivity contribution in [2.75, 3.05) is 13.1 Å². The molecule has 0 aliphatic rings. The summed E-state index contributed by atoms with van der Waals surface area (Å²) in [5.74, 6) is 0.755. The van der Waals surface area contributed by atoms with E-state index in [1.54, 1.807) is 0 Å². The monoisotopic (exact) mass is 242 g/mol. The largest absolute Gasteiger partial charge is 0.356 e. The van der Waals surface area contributed by atoms with Crippen LogP contribution in [0.4, 0.5) is 0 Å². The maximum absolute atomic E-state index is 11.4. The van der Waals surface area contributed by atoms with Crippen LogP contribution in [0.1, 0.15) is 47.0 Å². The first-order valence-corrected chi connectivity index (χ1v) is 6.45. The second-order valence-corrected chi connectivity index (χ2v) is 5.24. The molecule has 0 atom stereocenters. The Bertz CT molecular complexity index is 214. The lowest BCUT2D eigenvalue weighted by molar-refractivity contribution is -0.129. The van der Waals surface area contributed by atoms with E-state index in [1.807, 2.05) is 0 Å². The van der Waals surface area contributed by atoms with E-state index in [0.29, 0.717) is 24.9 Å². The molecule has 0 fully saturated rings. The van der Waals surface area contributed by atoms with Crippen LogP contribution in [0.2, 0.25) is 0 Å². The summed E-state index contributed by atoms with van der Waals surface area (Å²) in [5.41, 5.74) is 0. The zero-order chi connectivity index (χ0) is 13.3. The van der Waals surface area contributed by atoms with Crippen LogP contribution in [-0.4, -0.2) is 24.9 Å². The van der Waals surface area contributed by atoms with Gasteiger partial charge in [-0.25, -0.2) is 0 Å². The molecule has 0 radical (unpaired) electrons. The molecule has 17 heavy (non-hydrogen) atoms. The highest BCUT2D eigenvalue weighted by atomic mass is 16.2. The van der Waals surface area contributed by atoms with Gasteiger partial charge in [-0.1, -0.05) is 27.7 Å². The van der Waals surface area contributed by atoms with Gasteiger partial charge in [0.05, 0.1) is 0 Å². The smallest absolute Gasteiger partial charge is 0.229 e. The molecular formula is C13H26N2O2. The maximum Gasteiger partial charge on any atom is 0.229 e. The Labute approximate surface area is 105 Å². The van der Waals surface area contributed by atoms with Crippen molar-refractivity contribution < 1.29 is 9.59 Å². The van der Waals surface area contributed by atoms with Crippen molar-refractivity contribution in [1.29, 1.82) is 0 Å². The molecule has 0 aromatic rings. The molecular weight excluding hydrogens is 216 g/mol.